The van der Waals surface area contributed by atoms with Gasteiger partial charge in [-0.1, -0.05) is 42.5 Å². The van der Waals surface area contributed by atoms with Crippen molar-refractivity contribution in [3.8, 4) is 5.75 Å². The van der Waals surface area contributed by atoms with E-state index >= 15 is 0 Å². The first-order valence-electron chi connectivity index (χ1n) is 11.3. The molecule has 1 amide bonds. The highest BCUT2D eigenvalue weighted by Crippen LogP contribution is 2.22. The van der Waals surface area contributed by atoms with Gasteiger partial charge in [0.1, 0.15) is 11.3 Å². The van der Waals surface area contributed by atoms with Crippen LogP contribution < -0.4 is 15.6 Å². The Hall–Kier alpha value is -3.91. The van der Waals surface area contributed by atoms with E-state index < -0.39 is 0 Å². The standard InChI is InChI=1S/C26H27N5O3/c1-29-23-12-13-30(16-19-8-10-20(34-2)11-9-19)17-22(23)26(33)31-25(29)21(15-28-31)24(32)27-14-18-6-4-3-5-7-18/h3-11,15H,12-14,16-17H2,1-2H3,(H,27,32). The maximum Gasteiger partial charge on any atom is 0.279 e. The minimum Gasteiger partial charge on any atom is -0.497 e. The molecule has 3 heterocycles. The van der Waals surface area contributed by atoms with Gasteiger partial charge >= 0.3 is 0 Å². The van der Waals surface area contributed by atoms with Gasteiger partial charge in [0.25, 0.3) is 11.5 Å². The molecule has 2 aromatic carbocycles. The number of hydrogen-bond acceptors (Lipinski definition) is 5. The molecule has 0 spiro atoms. The lowest BCUT2D eigenvalue weighted by atomic mass is 10.1. The Morgan fingerprint density at radius 2 is 1.85 bits per heavy atom. The molecule has 0 saturated heterocycles. The minimum atomic E-state index is -0.245. The quantitative estimate of drug-likeness (QED) is 0.481. The number of nitrogens with zero attached hydrogens (tertiary/aromatic N) is 4. The lowest BCUT2D eigenvalue weighted by Gasteiger charge is -2.30. The molecule has 1 aliphatic heterocycles. The molecule has 0 saturated carbocycles. The summed E-state index contributed by atoms with van der Waals surface area (Å²) in [6, 6.07) is 17.7. The number of carbonyl (C=O) groups excluding carboxylic acids is 1. The number of carbonyl (C=O) groups is 1. The SMILES string of the molecule is COc1ccc(CN2CCc3c(c(=O)n4ncc(C(=O)NCc5ccccc5)c4n3C)C2)cc1. The van der Waals surface area contributed by atoms with Crippen LogP contribution in [0.1, 0.15) is 32.7 Å². The van der Waals surface area contributed by atoms with Crippen molar-refractivity contribution in [3.63, 3.8) is 0 Å². The third kappa shape index (κ3) is 4.08. The Kier molecular flexibility index (Phi) is 5.90. The van der Waals surface area contributed by atoms with Gasteiger partial charge in [-0.15, -0.1) is 0 Å². The molecule has 0 atom stereocenters. The molecule has 8 nitrogen and oxygen atoms in total. The highest BCUT2D eigenvalue weighted by Gasteiger charge is 2.26. The van der Waals surface area contributed by atoms with E-state index in [1.165, 1.54) is 16.3 Å². The van der Waals surface area contributed by atoms with Crippen LogP contribution in [0.15, 0.2) is 65.6 Å². The van der Waals surface area contributed by atoms with Crippen molar-refractivity contribution in [2.75, 3.05) is 13.7 Å². The molecule has 2 aromatic heterocycles. The van der Waals surface area contributed by atoms with Gasteiger partial charge in [0.2, 0.25) is 0 Å². The van der Waals surface area contributed by atoms with Gasteiger partial charge in [-0.2, -0.15) is 9.61 Å². The van der Waals surface area contributed by atoms with Gasteiger partial charge in [-0.3, -0.25) is 14.5 Å². The van der Waals surface area contributed by atoms with Crippen LogP contribution in [0.3, 0.4) is 0 Å². The Balaban J connectivity index is 1.39. The average molecular weight is 458 g/mol. The molecule has 8 heteroatoms. The summed E-state index contributed by atoms with van der Waals surface area (Å²) in [6.07, 6.45) is 2.21. The zero-order valence-corrected chi connectivity index (χ0v) is 19.3. The minimum absolute atomic E-state index is 0.162. The van der Waals surface area contributed by atoms with Gasteiger partial charge < -0.3 is 14.6 Å². The molecule has 174 valence electrons. The number of hydrogen-bond donors (Lipinski definition) is 1. The fraction of sp³-hybridized carbons (Fsp3) is 0.269. The summed E-state index contributed by atoms with van der Waals surface area (Å²) in [5.41, 5.74) is 4.63. The predicted molar refractivity (Wildman–Crippen MR) is 129 cm³/mol. The van der Waals surface area contributed by atoms with E-state index in [0.29, 0.717) is 24.3 Å². The summed E-state index contributed by atoms with van der Waals surface area (Å²) in [4.78, 5) is 28.5. The maximum atomic E-state index is 13.3. The van der Waals surface area contributed by atoms with Crippen molar-refractivity contribution in [1.29, 1.82) is 0 Å². The van der Waals surface area contributed by atoms with Crippen LogP contribution in [0, 0.1) is 0 Å². The first-order chi connectivity index (χ1) is 16.5. The Morgan fingerprint density at radius 1 is 1.09 bits per heavy atom. The highest BCUT2D eigenvalue weighted by atomic mass is 16.5. The van der Waals surface area contributed by atoms with Crippen molar-refractivity contribution in [1.82, 2.24) is 24.4 Å². The molecule has 0 bridgehead atoms. The van der Waals surface area contributed by atoms with Crippen molar-refractivity contribution in [2.24, 2.45) is 7.05 Å². The lowest BCUT2D eigenvalue weighted by Crippen LogP contribution is -2.38. The number of nitrogens with one attached hydrogen (secondary N) is 1. The summed E-state index contributed by atoms with van der Waals surface area (Å²) in [6.45, 7) is 2.53. The van der Waals surface area contributed by atoms with E-state index in [2.05, 4.69) is 15.3 Å². The van der Waals surface area contributed by atoms with E-state index in [4.69, 9.17) is 4.74 Å². The highest BCUT2D eigenvalue weighted by molar-refractivity contribution is 5.99. The Bertz CT molecular complexity index is 1390. The first-order valence-corrected chi connectivity index (χ1v) is 11.3. The molecule has 34 heavy (non-hydrogen) atoms. The summed E-state index contributed by atoms with van der Waals surface area (Å²) < 4.78 is 8.54. The van der Waals surface area contributed by atoms with Crippen molar-refractivity contribution in [2.45, 2.75) is 26.1 Å². The number of benzene rings is 2. The number of rotatable bonds is 6. The molecule has 5 rings (SSSR count). The van der Waals surface area contributed by atoms with Crippen molar-refractivity contribution < 1.29 is 9.53 Å². The van der Waals surface area contributed by atoms with Gasteiger partial charge in [0.05, 0.1) is 18.9 Å². The molecular weight excluding hydrogens is 430 g/mol. The van der Waals surface area contributed by atoms with Crippen molar-refractivity contribution >= 4 is 11.6 Å². The van der Waals surface area contributed by atoms with Crippen LogP contribution in [0.4, 0.5) is 0 Å². The average Bonchev–Trinajstić information content (AvgIpc) is 3.33. The number of aryl methyl sites for hydroxylation is 1. The maximum absolute atomic E-state index is 13.3. The summed E-state index contributed by atoms with van der Waals surface area (Å²) in [5, 5.41) is 7.22. The third-order valence-corrected chi connectivity index (χ3v) is 6.42. The van der Waals surface area contributed by atoms with E-state index in [-0.39, 0.29) is 11.5 Å². The van der Waals surface area contributed by atoms with Gasteiger partial charge in [-0.05, 0) is 23.3 Å². The third-order valence-electron chi connectivity index (χ3n) is 6.42. The van der Waals surface area contributed by atoms with E-state index in [1.54, 1.807) is 7.11 Å². The zero-order chi connectivity index (χ0) is 23.7. The second-order valence-electron chi connectivity index (χ2n) is 8.56. The zero-order valence-electron chi connectivity index (χ0n) is 19.3. The molecule has 0 unspecified atom stereocenters. The summed E-state index contributed by atoms with van der Waals surface area (Å²) in [5.74, 6) is 0.581. The number of fused-ring (bicyclic) bond motifs is 2. The molecule has 4 aromatic rings. The molecule has 0 fully saturated rings. The van der Waals surface area contributed by atoms with Crippen LogP contribution in [0.2, 0.25) is 0 Å². The topological polar surface area (TPSA) is 80.9 Å². The van der Waals surface area contributed by atoms with E-state index in [1.807, 2.05) is 66.2 Å². The number of ether oxygens (including phenoxy) is 1. The van der Waals surface area contributed by atoms with E-state index in [9.17, 15) is 9.59 Å². The number of aromatic nitrogens is 3. The Labute approximate surface area is 197 Å². The molecule has 0 aliphatic carbocycles. The van der Waals surface area contributed by atoms with Gasteiger partial charge in [-0.25, -0.2) is 0 Å². The van der Waals surface area contributed by atoms with Crippen LogP contribution in [-0.2, 0) is 33.1 Å². The van der Waals surface area contributed by atoms with Crippen LogP contribution >= 0.6 is 0 Å². The predicted octanol–water partition coefficient (Wildman–Crippen LogP) is 2.53. The van der Waals surface area contributed by atoms with Crippen LogP contribution in [0.5, 0.6) is 5.75 Å². The Morgan fingerprint density at radius 3 is 2.59 bits per heavy atom. The second-order valence-corrected chi connectivity index (χ2v) is 8.56. The normalized spacial score (nSPS) is 13.6. The summed E-state index contributed by atoms with van der Waals surface area (Å²) >= 11 is 0. The summed E-state index contributed by atoms with van der Waals surface area (Å²) in [7, 11) is 3.56. The number of methoxy groups -OCH3 is 1. The fourth-order valence-electron chi connectivity index (χ4n) is 4.60. The van der Waals surface area contributed by atoms with Crippen LogP contribution in [-0.4, -0.2) is 38.6 Å². The van der Waals surface area contributed by atoms with Crippen LogP contribution in [0.25, 0.3) is 5.65 Å². The number of amides is 1. The lowest BCUT2D eigenvalue weighted by molar-refractivity contribution is 0.0952. The van der Waals surface area contributed by atoms with Crippen molar-refractivity contribution in [3.05, 3.63) is 99.1 Å². The van der Waals surface area contributed by atoms with Gasteiger partial charge in [0, 0.05) is 45.3 Å². The smallest absolute Gasteiger partial charge is 0.279 e. The molecule has 0 radical (unpaired) electrons. The molecular formula is C26H27N5O3. The molecule has 1 N–H and O–H groups in total. The van der Waals surface area contributed by atoms with E-state index in [0.717, 1.165) is 42.1 Å². The van der Waals surface area contributed by atoms with Gasteiger partial charge in [0.15, 0.2) is 5.65 Å². The molecule has 1 aliphatic rings. The fourth-order valence-corrected chi connectivity index (χ4v) is 4.60. The second kappa shape index (κ2) is 9.15. The first kappa shape index (κ1) is 21.9. The largest absolute Gasteiger partial charge is 0.497 e. The monoisotopic (exact) mass is 457 g/mol.